The summed E-state index contributed by atoms with van der Waals surface area (Å²) in [6.07, 6.45) is 1.79. The molecule has 0 radical (unpaired) electrons. The Labute approximate surface area is 183 Å². The molecular formula is C22H22BrN3O4. The van der Waals surface area contributed by atoms with Crippen LogP contribution in [0.15, 0.2) is 46.9 Å². The molecule has 1 N–H and O–H groups in total. The average Bonchev–Trinajstić information content (AvgIpc) is 3.34. The number of anilines is 3. The van der Waals surface area contributed by atoms with Crippen molar-refractivity contribution in [3.63, 3.8) is 0 Å². The molecule has 0 spiro atoms. The van der Waals surface area contributed by atoms with Gasteiger partial charge >= 0.3 is 0 Å². The largest absolute Gasteiger partial charge is 0.494 e. The number of carbonyl (C=O) groups is 3. The van der Waals surface area contributed by atoms with Gasteiger partial charge in [-0.3, -0.25) is 14.4 Å². The first-order chi connectivity index (χ1) is 14.5. The highest BCUT2D eigenvalue weighted by Crippen LogP contribution is 2.35. The average molecular weight is 472 g/mol. The molecule has 2 aromatic rings. The summed E-state index contributed by atoms with van der Waals surface area (Å²) in [5.74, 6) is -0.736. The number of hydrogen-bond acceptors (Lipinski definition) is 4. The van der Waals surface area contributed by atoms with Crippen LogP contribution in [-0.2, 0) is 14.4 Å². The third kappa shape index (κ3) is 3.79. The number of carbonyl (C=O) groups excluding carboxylic acids is 3. The number of amides is 3. The first kappa shape index (κ1) is 20.4. The smallest absolute Gasteiger partial charge is 0.239 e. The van der Waals surface area contributed by atoms with Crippen LogP contribution >= 0.6 is 15.9 Å². The van der Waals surface area contributed by atoms with E-state index in [0.717, 1.165) is 16.6 Å². The molecule has 0 bridgehead atoms. The predicted octanol–water partition coefficient (Wildman–Crippen LogP) is 3.58. The van der Waals surface area contributed by atoms with E-state index in [-0.39, 0.29) is 17.7 Å². The molecule has 2 saturated heterocycles. The summed E-state index contributed by atoms with van der Waals surface area (Å²) >= 11 is 3.46. The van der Waals surface area contributed by atoms with Crippen LogP contribution in [-0.4, -0.2) is 37.9 Å². The quantitative estimate of drug-likeness (QED) is 0.675. The minimum atomic E-state index is -0.747. The Kier molecular flexibility index (Phi) is 5.76. The molecule has 7 nitrogen and oxygen atoms in total. The van der Waals surface area contributed by atoms with Gasteiger partial charge in [-0.25, -0.2) is 0 Å². The SMILES string of the molecule is COc1cc(NC(=O)C2CCN(c3ccccc3Br)C2=O)ccc1N1CCCC1=O. The summed E-state index contributed by atoms with van der Waals surface area (Å²) in [6, 6.07) is 12.6. The van der Waals surface area contributed by atoms with Crippen LogP contribution in [0.3, 0.4) is 0 Å². The molecule has 8 heteroatoms. The molecule has 1 atom stereocenters. The zero-order chi connectivity index (χ0) is 21.3. The maximum Gasteiger partial charge on any atom is 0.239 e. The Morgan fingerprint density at radius 1 is 1.10 bits per heavy atom. The Bertz CT molecular complexity index is 1010. The summed E-state index contributed by atoms with van der Waals surface area (Å²) in [7, 11) is 1.53. The van der Waals surface area contributed by atoms with Crippen molar-refractivity contribution in [1.29, 1.82) is 0 Å². The summed E-state index contributed by atoms with van der Waals surface area (Å²) in [6.45, 7) is 1.14. The predicted molar refractivity (Wildman–Crippen MR) is 118 cm³/mol. The van der Waals surface area contributed by atoms with Crippen molar-refractivity contribution in [2.45, 2.75) is 19.3 Å². The van der Waals surface area contributed by atoms with E-state index in [1.165, 1.54) is 7.11 Å². The van der Waals surface area contributed by atoms with Gasteiger partial charge in [0.15, 0.2) is 0 Å². The third-order valence-electron chi connectivity index (χ3n) is 5.48. The van der Waals surface area contributed by atoms with Gasteiger partial charge in [-0.05, 0) is 53.0 Å². The second kappa shape index (κ2) is 8.47. The van der Waals surface area contributed by atoms with Crippen LogP contribution in [0.5, 0.6) is 5.75 Å². The molecular weight excluding hydrogens is 450 g/mol. The Balaban J connectivity index is 1.48. The highest BCUT2D eigenvalue weighted by atomic mass is 79.9. The molecule has 2 aliphatic rings. The standard InChI is InChI=1S/C22H22BrN3O4/c1-30-19-13-14(8-9-18(19)25-11-4-7-20(25)27)24-21(28)15-10-12-26(22(15)29)17-6-3-2-5-16(17)23/h2-3,5-6,8-9,13,15H,4,7,10-12H2,1H3,(H,24,28). The van der Waals surface area contributed by atoms with Crippen molar-refractivity contribution in [2.75, 3.05) is 35.3 Å². The summed E-state index contributed by atoms with van der Waals surface area (Å²) in [5.41, 5.74) is 1.98. The highest BCUT2D eigenvalue weighted by molar-refractivity contribution is 9.10. The van der Waals surface area contributed by atoms with Crippen molar-refractivity contribution < 1.29 is 19.1 Å². The van der Waals surface area contributed by atoms with Gasteiger partial charge in [-0.1, -0.05) is 12.1 Å². The van der Waals surface area contributed by atoms with E-state index >= 15 is 0 Å². The lowest BCUT2D eigenvalue weighted by molar-refractivity contribution is -0.129. The van der Waals surface area contributed by atoms with E-state index in [4.69, 9.17) is 4.74 Å². The molecule has 156 valence electrons. The van der Waals surface area contributed by atoms with Crippen molar-refractivity contribution >= 4 is 50.7 Å². The molecule has 0 saturated carbocycles. The first-order valence-electron chi connectivity index (χ1n) is 9.85. The topological polar surface area (TPSA) is 79.0 Å². The van der Waals surface area contributed by atoms with Crippen LogP contribution in [0.25, 0.3) is 0 Å². The molecule has 2 aliphatic heterocycles. The molecule has 2 aromatic carbocycles. The monoisotopic (exact) mass is 471 g/mol. The summed E-state index contributed by atoms with van der Waals surface area (Å²) in [5, 5.41) is 2.82. The zero-order valence-corrected chi connectivity index (χ0v) is 18.1. The molecule has 3 amide bonds. The number of para-hydroxylation sites is 1. The lowest BCUT2D eigenvalue weighted by Crippen LogP contribution is -2.33. The van der Waals surface area contributed by atoms with Gasteiger partial charge in [0.25, 0.3) is 0 Å². The van der Waals surface area contributed by atoms with Gasteiger partial charge < -0.3 is 19.9 Å². The second-order valence-electron chi connectivity index (χ2n) is 7.31. The molecule has 30 heavy (non-hydrogen) atoms. The van der Waals surface area contributed by atoms with Gasteiger partial charge in [0, 0.05) is 35.7 Å². The summed E-state index contributed by atoms with van der Waals surface area (Å²) in [4.78, 5) is 41.0. The van der Waals surface area contributed by atoms with Crippen LogP contribution in [0, 0.1) is 5.92 Å². The molecule has 0 aromatic heterocycles. The van der Waals surface area contributed by atoms with E-state index in [9.17, 15) is 14.4 Å². The zero-order valence-electron chi connectivity index (χ0n) is 16.6. The minimum absolute atomic E-state index is 0.0637. The second-order valence-corrected chi connectivity index (χ2v) is 8.16. The number of halogens is 1. The number of benzene rings is 2. The van der Waals surface area contributed by atoms with Crippen LogP contribution in [0.4, 0.5) is 17.1 Å². The maximum absolute atomic E-state index is 12.9. The maximum atomic E-state index is 12.9. The number of nitrogens with zero attached hydrogens (tertiary/aromatic N) is 2. The van der Waals surface area contributed by atoms with Crippen LogP contribution < -0.4 is 19.9 Å². The third-order valence-corrected chi connectivity index (χ3v) is 6.15. The molecule has 0 aliphatic carbocycles. The lowest BCUT2D eigenvalue weighted by Gasteiger charge is -2.20. The molecule has 1 unspecified atom stereocenters. The number of rotatable bonds is 5. The Hall–Kier alpha value is -2.87. The number of methoxy groups -OCH3 is 1. The number of nitrogens with one attached hydrogen (secondary N) is 1. The first-order valence-corrected chi connectivity index (χ1v) is 10.6. The van der Waals surface area contributed by atoms with Crippen LogP contribution in [0.1, 0.15) is 19.3 Å². The minimum Gasteiger partial charge on any atom is -0.494 e. The Morgan fingerprint density at radius 3 is 2.60 bits per heavy atom. The van der Waals surface area contributed by atoms with Crippen molar-refractivity contribution in [2.24, 2.45) is 5.92 Å². The fraction of sp³-hybridized carbons (Fsp3) is 0.318. The van der Waals surface area contributed by atoms with Gasteiger partial charge in [0.2, 0.25) is 17.7 Å². The van der Waals surface area contributed by atoms with E-state index in [2.05, 4.69) is 21.2 Å². The number of ether oxygens (including phenoxy) is 1. The van der Waals surface area contributed by atoms with E-state index in [1.54, 1.807) is 28.0 Å². The fourth-order valence-electron chi connectivity index (χ4n) is 3.94. The van der Waals surface area contributed by atoms with E-state index < -0.39 is 5.92 Å². The van der Waals surface area contributed by atoms with E-state index in [0.29, 0.717) is 43.1 Å². The van der Waals surface area contributed by atoms with Gasteiger partial charge in [-0.2, -0.15) is 0 Å². The van der Waals surface area contributed by atoms with Crippen LogP contribution in [0.2, 0.25) is 0 Å². The Morgan fingerprint density at radius 2 is 1.90 bits per heavy atom. The van der Waals surface area contributed by atoms with Crippen molar-refractivity contribution in [1.82, 2.24) is 0 Å². The molecule has 2 fully saturated rings. The number of hydrogen-bond donors (Lipinski definition) is 1. The highest BCUT2D eigenvalue weighted by Gasteiger charge is 2.38. The fourth-order valence-corrected chi connectivity index (χ4v) is 4.44. The normalized spacial score (nSPS) is 18.8. The van der Waals surface area contributed by atoms with Gasteiger partial charge in [-0.15, -0.1) is 0 Å². The van der Waals surface area contributed by atoms with Gasteiger partial charge in [0.05, 0.1) is 18.5 Å². The van der Waals surface area contributed by atoms with E-state index in [1.807, 2.05) is 24.3 Å². The summed E-state index contributed by atoms with van der Waals surface area (Å²) < 4.78 is 6.25. The molecule has 2 heterocycles. The van der Waals surface area contributed by atoms with Gasteiger partial charge in [0.1, 0.15) is 11.7 Å². The molecule has 4 rings (SSSR count). The lowest BCUT2D eigenvalue weighted by atomic mass is 10.1. The van der Waals surface area contributed by atoms with Crippen molar-refractivity contribution in [3.8, 4) is 5.75 Å². The van der Waals surface area contributed by atoms with Crippen molar-refractivity contribution in [3.05, 3.63) is 46.9 Å².